The largest absolute Gasteiger partial charge is 0.384 e. The van der Waals surface area contributed by atoms with Crippen LogP contribution in [0.3, 0.4) is 0 Å². The highest BCUT2D eigenvalue weighted by Crippen LogP contribution is 2.20. The van der Waals surface area contributed by atoms with Crippen LogP contribution < -0.4 is 10.6 Å². The molecule has 2 rings (SSSR count). The Labute approximate surface area is 135 Å². The number of amides is 1. The lowest BCUT2D eigenvalue weighted by Crippen LogP contribution is -2.14. The molecule has 0 radical (unpaired) electrons. The molecule has 1 heterocycles. The fourth-order valence-electron chi connectivity index (χ4n) is 1.96. The molecule has 22 heavy (non-hydrogen) atoms. The van der Waals surface area contributed by atoms with Gasteiger partial charge < -0.3 is 10.6 Å². The van der Waals surface area contributed by atoms with Gasteiger partial charge in [-0.15, -0.1) is 0 Å². The third-order valence-corrected chi connectivity index (χ3v) is 3.54. The summed E-state index contributed by atoms with van der Waals surface area (Å²) in [5.74, 6) is -0.245. The van der Waals surface area contributed by atoms with E-state index in [0.717, 1.165) is 30.6 Å². The Hall–Kier alpha value is -2.07. The fraction of sp³-hybridized carbons (Fsp3) is 0.294. The van der Waals surface area contributed by atoms with E-state index in [1.807, 2.05) is 19.1 Å². The van der Waals surface area contributed by atoms with Gasteiger partial charge in [0, 0.05) is 17.3 Å². The quantitative estimate of drug-likeness (QED) is 0.771. The van der Waals surface area contributed by atoms with E-state index in [0.29, 0.717) is 16.4 Å². The molecule has 116 valence electrons. The Balaban J connectivity index is 2.02. The third kappa shape index (κ3) is 4.46. The standard InChI is InChI=1S/C17H20ClN3O/c1-3-4-9-19-14-7-8-15(20-11-14)17(22)21-16-10-13(18)6-5-12(16)2/h5-8,10-11,19H,3-4,9H2,1-2H3,(H,21,22). The molecule has 4 nitrogen and oxygen atoms in total. The molecule has 2 N–H and O–H groups in total. The Bertz CT molecular complexity index is 641. The van der Waals surface area contributed by atoms with Crippen molar-refractivity contribution in [1.29, 1.82) is 0 Å². The van der Waals surface area contributed by atoms with Crippen molar-refractivity contribution in [1.82, 2.24) is 4.98 Å². The van der Waals surface area contributed by atoms with E-state index in [1.165, 1.54) is 0 Å². The summed E-state index contributed by atoms with van der Waals surface area (Å²) in [5.41, 5.74) is 2.95. The Morgan fingerprint density at radius 2 is 2.09 bits per heavy atom. The van der Waals surface area contributed by atoms with Crippen molar-refractivity contribution in [3.05, 3.63) is 52.8 Å². The molecule has 0 fully saturated rings. The first kappa shape index (κ1) is 16.3. The van der Waals surface area contributed by atoms with Crippen LogP contribution in [0.25, 0.3) is 0 Å². The summed E-state index contributed by atoms with van der Waals surface area (Å²) in [5, 5.41) is 6.69. The number of hydrogen-bond donors (Lipinski definition) is 2. The van der Waals surface area contributed by atoms with Gasteiger partial charge >= 0.3 is 0 Å². The van der Waals surface area contributed by atoms with Crippen molar-refractivity contribution in [2.45, 2.75) is 26.7 Å². The first-order chi connectivity index (χ1) is 10.6. The zero-order chi connectivity index (χ0) is 15.9. The van der Waals surface area contributed by atoms with Crippen molar-refractivity contribution < 1.29 is 4.79 Å². The van der Waals surface area contributed by atoms with Crippen LogP contribution in [0.2, 0.25) is 5.02 Å². The minimum absolute atomic E-state index is 0.245. The van der Waals surface area contributed by atoms with Crippen LogP contribution in [0.1, 0.15) is 35.8 Å². The van der Waals surface area contributed by atoms with Crippen molar-refractivity contribution in [2.75, 3.05) is 17.2 Å². The van der Waals surface area contributed by atoms with Gasteiger partial charge in [0.2, 0.25) is 0 Å². The zero-order valence-corrected chi connectivity index (χ0v) is 13.6. The normalized spacial score (nSPS) is 10.3. The number of aromatic nitrogens is 1. The SMILES string of the molecule is CCCCNc1ccc(C(=O)Nc2cc(Cl)ccc2C)nc1. The molecule has 0 aliphatic carbocycles. The van der Waals surface area contributed by atoms with Crippen molar-refractivity contribution in [3.63, 3.8) is 0 Å². The smallest absolute Gasteiger partial charge is 0.274 e. The Kier molecular flexibility index (Phi) is 5.78. The molecule has 0 atom stereocenters. The number of halogens is 1. The maximum atomic E-state index is 12.2. The predicted octanol–water partition coefficient (Wildman–Crippen LogP) is 4.51. The van der Waals surface area contributed by atoms with E-state index in [-0.39, 0.29) is 5.91 Å². The summed E-state index contributed by atoms with van der Waals surface area (Å²) >= 11 is 5.95. The van der Waals surface area contributed by atoms with Crippen LogP contribution in [0, 0.1) is 6.92 Å². The summed E-state index contributed by atoms with van der Waals surface area (Å²) < 4.78 is 0. The highest BCUT2D eigenvalue weighted by atomic mass is 35.5. The lowest BCUT2D eigenvalue weighted by molar-refractivity contribution is 0.102. The van der Waals surface area contributed by atoms with Crippen LogP contribution in [-0.4, -0.2) is 17.4 Å². The van der Waals surface area contributed by atoms with E-state index >= 15 is 0 Å². The molecule has 0 unspecified atom stereocenters. The number of carbonyl (C=O) groups excluding carboxylic acids is 1. The summed E-state index contributed by atoms with van der Waals surface area (Å²) in [6.45, 7) is 4.97. The van der Waals surface area contributed by atoms with Crippen molar-refractivity contribution in [3.8, 4) is 0 Å². The minimum atomic E-state index is -0.245. The molecule has 0 spiro atoms. The van der Waals surface area contributed by atoms with E-state index in [4.69, 9.17) is 11.6 Å². The number of hydrogen-bond acceptors (Lipinski definition) is 3. The molecule has 1 aromatic carbocycles. The maximum Gasteiger partial charge on any atom is 0.274 e. The van der Waals surface area contributed by atoms with Gasteiger partial charge in [-0.3, -0.25) is 4.79 Å². The first-order valence-electron chi connectivity index (χ1n) is 7.37. The van der Waals surface area contributed by atoms with Gasteiger partial charge in [-0.25, -0.2) is 4.98 Å². The molecular weight excluding hydrogens is 298 g/mol. The number of aryl methyl sites for hydroxylation is 1. The molecule has 0 bridgehead atoms. The molecule has 1 aromatic heterocycles. The topological polar surface area (TPSA) is 54.0 Å². The summed E-state index contributed by atoms with van der Waals surface area (Å²) in [4.78, 5) is 16.4. The Morgan fingerprint density at radius 1 is 1.27 bits per heavy atom. The molecule has 0 aliphatic heterocycles. The highest BCUT2D eigenvalue weighted by Gasteiger charge is 2.09. The monoisotopic (exact) mass is 317 g/mol. The molecule has 5 heteroatoms. The number of nitrogens with one attached hydrogen (secondary N) is 2. The van der Waals surface area contributed by atoms with Crippen LogP contribution in [0.15, 0.2) is 36.5 Å². The first-order valence-corrected chi connectivity index (χ1v) is 7.75. The van der Waals surface area contributed by atoms with Gasteiger partial charge in [-0.2, -0.15) is 0 Å². The second-order valence-corrected chi connectivity index (χ2v) is 5.56. The summed E-state index contributed by atoms with van der Waals surface area (Å²) in [6.07, 6.45) is 3.92. The van der Waals surface area contributed by atoms with Crippen LogP contribution in [0.5, 0.6) is 0 Å². The molecule has 2 aromatic rings. The van der Waals surface area contributed by atoms with Crippen LogP contribution in [-0.2, 0) is 0 Å². The van der Waals surface area contributed by atoms with Crippen molar-refractivity contribution in [2.24, 2.45) is 0 Å². The van der Waals surface area contributed by atoms with Gasteiger partial charge in [0.15, 0.2) is 0 Å². The van der Waals surface area contributed by atoms with Crippen LogP contribution in [0.4, 0.5) is 11.4 Å². The average Bonchev–Trinajstić information content (AvgIpc) is 2.52. The number of pyridine rings is 1. The number of anilines is 2. The van der Waals surface area contributed by atoms with Gasteiger partial charge in [0.1, 0.15) is 5.69 Å². The number of unbranched alkanes of at least 4 members (excludes halogenated alkanes) is 1. The molecule has 1 amide bonds. The fourth-order valence-corrected chi connectivity index (χ4v) is 2.13. The highest BCUT2D eigenvalue weighted by molar-refractivity contribution is 6.31. The number of carbonyl (C=O) groups is 1. The van der Waals surface area contributed by atoms with E-state index < -0.39 is 0 Å². The number of rotatable bonds is 6. The van der Waals surface area contributed by atoms with E-state index in [9.17, 15) is 4.79 Å². The van der Waals surface area contributed by atoms with E-state index in [1.54, 1.807) is 24.4 Å². The number of nitrogens with zero attached hydrogens (tertiary/aromatic N) is 1. The Morgan fingerprint density at radius 3 is 2.77 bits per heavy atom. The van der Waals surface area contributed by atoms with Crippen molar-refractivity contribution >= 4 is 28.9 Å². The zero-order valence-electron chi connectivity index (χ0n) is 12.8. The van der Waals surface area contributed by atoms with Gasteiger partial charge in [-0.1, -0.05) is 31.0 Å². The molecule has 0 saturated heterocycles. The van der Waals surface area contributed by atoms with Gasteiger partial charge in [-0.05, 0) is 43.2 Å². The molecule has 0 aliphatic rings. The average molecular weight is 318 g/mol. The second-order valence-electron chi connectivity index (χ2n) is 5.13. The predicted molar refractivity (Wildman–Crippen MR) is 91.8 cm³/mol. The van der Waals surface area contributed by atoms with Crippen LogP contribution >= 0.6 is 11.6 Å². The minimum Gasteiger partial charge on any atom is -0.384 e. The maximum absolute atomic E-state index is 12.2. The molecule has 0 saturated carbocycles. The second kappa shape index (κ2) is 7.80. The lowest BCUT2D eigenvalue weighted by atomic mass is 10.2. The number of benzene rings is 1. The molecular formula is C17H20ClN3O. The van der Waals surface area contributed by atoms with Gasteiger partial charge in [0.05, 0.1) is 11.9 Å². The lowest BCUT2D eigenvalue weighted by Gasteiger charge is -2.09. The summed E-state index contributed by atoms with van der Waals surface area (Å²) in [7, 11) is 0. The third-order valence-electron chi connectivity index (χ3n) is 3.30. The van der Waals surface area contributed by atoms with Gasteiger partial charge in [0.25, 0.3) is 5.91 Å². The van der Waals surface area contributed by atoms with E-state index in [2.05, 4.69) is 22.5 Å². The summed E-state index contributed by atoms with van der Waals surface area (Å²) in [6, 6.07) is 8.97.